The Labute approximate surface area is 146 Å². The number of nitrogens with zero attached hydrogens (tertiary/aromatic N) is 1. The highest BCUT2D eigenvalue weighted by atomic mass is 16.3. The fraction of sp³-hybridized carbons (Fsp3) is 0.368. The summed E-state index contributed by atoms with van der Waals surface area (Å²) in [6.45, 7) is 5.76. The molecule has 1 aliphatic rings. The zero-order valence-corrected chi connectivity index (χ0v) is 14.6. The molecule has 132 valence electrons. The molecule has 2 amide bonds. The number of benzene rings is 1. The summed E-state index contributed by atoms with van der Waals surface area (Å²) in [5.41, 5.74) is 12.5. The zero-order valence-electron chi connectivity index (χ0n) is 14.6. The maximum absolute atomic E-state index is 12.2. The molecule has 1 aromatic heterocycles. The number of aliphatic hydroxyl groups is 1. The number of aliphatic hydroxyl groups excluding tert-OH is 1. The topological polar surface area (TPSA) is 111 Å². The van der Waals surface area contributed by atoms with Crippen molar-refractivity contribution in [3.63, 3.8) is 0 Å². The van der Waals surface area contributed by atoms with Crippen LogP contribution in [0.4, 0.5) is 0 Å². The van der Waals surface area contributed by atoms with Crippen LogP contribution in [0.25, 0.3) is 5.69 Å². The lowest BCUT2D eigenvalue weighted by atomic mass is 9.79. The number of nitrogens with two attached hydrogens (primary N) is 2. The van der Waals surface area contributed by atoms with Crippen LogP contribution in [0.5, 0.6) is 0 Å². The highest BCUT2D eigenvalue weighted by Gasteiger charge is 2.52. The van der Waals surface area contributed by atoms with Gasteiger partial charge in [0.25, 0.3) is 5.91 Å². The fourth-order valence-corrected chi connectivity index (χ4v) is 4.14. The monoisotopic (exact) mass is 341 g/mol. The van der Waals surface area contributed by atoms with Gasteiger partial charge >= 0.3 is 0 Å². The van der Waals surface area contributed by atoms with Gasteiger partial charge in [-0.25, -0.2) is 0 Å². The number of amides is 2. The first-order valence-electron chi connectivity index (χ1n) is 8.18. The van der Waals surface area contributed by atoms with Gasteiger partial charge in [0.15, 0.2) is 6.10 Å². The minimum atomic E-state index is -1.47. The third-order valence-electron chi connectivity index (χ3n) is 5.22. The number of fused-ring (bicyclic) bond motifs is 1. The summed E-state index contributed by atoms with van der Waals surface area (Å²) in [6.07, 6.45) is 0.832. The Bertz CT molecular complexity index is 854. The van der Waals surface area contributed by atoms with Gasteiger partial charge in [-0.3, -0.25) is 9.59 Å². The van der Waals surface area contributed by atoms with Gasteiger partial charge < -0.3 is 21.1 Å². The highest BCUT2D eigenvalue weighted by molar-refractivity contribution is 5.89. The summed E-state index contributed by atoms with van der Waals surface area (Å²) in [7, 11) is 0. The molecule has 2 unspecified atom stereocenters. The number of hydrogen-bond acceptors (Lipinski definition) is 3. The van der Waals surface area contributed by atoms with E-state index in [1.54, 1.807) is 17.7 Å². The molecule has 0 aliphatic heterocycles. The average molecular weight is 341 g/mol. The van der Waals surface area contributed by atoms with E-state index in [1.807, 2.05) is 44.2 Å². The molecular formula is C19H23N3O3. The Morgan fingerprint density at radius 3 is 2.28 bits per heavy atom. The number of hydrogen-bond donors (Lipinski definition) is 3. The normalized spacial score (nSPS) is 22.4. The van der Waals surface area contributed by atoms with Crippen molar-refractivity contribution in [2.75, 3.05) is 0 Å². The molecule has 5 N–H and O–H groups in total. The SMILES string of the molecule is CC1(C)CC(C)(C(N)=O)c2cn(-c3ccccc3)c(C(O)C(N)=O)c21. The van der Waals surface area contributed by atoms with Gasteiger partial charge in [-0.05, 0) is 42.0 Å². The zero-order chi connectivity index (χ0) is 18.6. The van der Waals surface area contributed by atoms with E-state index in [0.717, 1.165) is 16.8 Å². The van der Waals surface area contributed by atoms with Crippen molar-refractivity contribution in [2.45, 2.75) is 44.1 Å². The van der Waals surface area contributed by atoms with Crippen LogP contribution < -0.4 is 11.5 Å². The molecule has 6 heteroatoms. The van der Waals surface area contributed by atoms with E-state index >= 15 is 0 Å². The summed E-state index contributed by atoms with van der Waals surface area (Å²) in [6, 6.07) is 9.32. The van der Waals surface area contributed by atoms with Gasteiger partial charge in [-0.1, -0.05) is 32.0 Å². The largest absolute Gasteiger partial charge is 0.377 e. The van der Waals surface area contributed by atoms with Gasteiger partial charge in [0.2, 0.25) is 5.91 Å². The van der Waals surface area contributed by atoms with Crippen molar-refractivity contribution >= 4 is 11.8 Å². The van der Waals surface area contributed by atoms with E-state index in [9.17, 15) is 14.7 Å². The molecule has 1 aromatic carbocycles. The van der Waals surface area contributed by atoms with Crippen molar-refractivity contribution in [1.29, 1.82) is 0 Å². The van der Waals surface area contributed by atoms with Crippen LogP contribution in [0.1, 0.15) is 50.1 Å². The molecule has 0 bridgehead atoms. The average Bonchev–Trinajstić information content (AvgIpc) is 3.04. The Kier molecular flexibility index (Phi) is 3.76. The molecule has 0 saturated heterocycles. The van der Waals surface area contributed by atoms with Gasteiger partial charge in [0.05, 0.1) is 11.1 Å². The molecule has 0 radical (unpaired) electrons. The van der Waals surface area contributed by atoms with Crippen molar-refractivity contribution in [2.24, 2.45) is 11.5 Å². The maximum Gasteiger partial charge on any atom is 0.252 e. The van der Waals surface area contributed by atoms with Crippen molar-refractivity contribution < 1.29 is 14.7 Å². The molecule has 2 atom stereocenters. The van der Waals surface area contributed by atoms with Crippen molar-refractivity contribution in [1.82, 2.24) is 4.57 Å². The maximum atomic E-state index is 12.2. The first kappa shape index (κ1) is 17.2. The summed E-state index contributed by atoms with van der Waals surface area (Å²) in [4.78, 5) is 23.9. The third-order valence-corrected chi connectivity index (χ3v) is 5.22. The predicted octanol–water partition coefficient (Wildman–Crippen LogP) is 1.42. The molecule has 25 heavy (non-hydrogen) atoms. The van der Waals surface area contributed by atoms with E-state index in [1.165, 1.54) is 0 Å². The number of rotatable bonds is 4. The third kappa shape index (κ3) is 2.44. The van der Waals surface area contributed by atoms with E-state index in [2.05, 4.69) is 0 Å². The Balaban J connectivity index is 2.37. The van der Waals surface area contributed by atoms with Crippen molar-refractivity contribution in [3.05, 3.63) is 53.3 Å². The number of carbonyl (C=O) groups is 2. The van der Waals surface area contributed by atoms with Gasteiger partial charge in [0.1, 0.15) is 0 Å². The predicted molar refractivity (Wildman–Crippen MR) is 94.1 cm³/mol. The number of carbonyl (C=O) groups excluding carboxylic acids is 2. The minimum absolute atomic E-state index is 0.406. The Morgan fingerprint density at radius 2 is 1.76 bits per heavy atom. The first-order valence-corrected chi connectivity index (χ1v) is 8.18. The van der Waals surface area contributed by atoms with E-state index in [4.69, 9.17) is 11.5 Å². The van der Waals surface area contributed by atoms with E-state index in [-0.39, 0.29) is 0 Å². The summed E-state index contributed by atoms with van der Waals surface area (Å²) < 4.78 is 1.74. The lowest BCUT2D eigenvalue weighted by molar-refractivity contribution is -0.126. The molecule has 0 spiro atoms. The van der Waals surface area contributed by atoms with Gasteiger partial charge in [-0.15, -0.1) is 0 Å². The van der Waals surface area contributed by atoms with Crippen LogP contribution in [-0.2, 0) is 20.4 Å². The van der Waals surface area contributed by atoms with Gasteiger partial charge in [0, 0.05) is 11.9 Å². The second-order valence-electron chi connectivity index (χ2n) is 7.57. The highest BCUT2D eigenvalue weighted by Crippen LogP contribution is 2.53. The van der Waals surface area contributed by atoms with Crippen LogP contribution in [0.15, 0.2) is 36.5 Å². The number of primary amides is 2. The quantitative estimate of drug-likeness (QED) is 0.782. The summed E-state index contributed by atoms with van der Waals surface area (Å²) in [5, 5.41) is 10.5. The van der Waals surface area contributed by atoms with Crippen LogP contribution in [0, 0.1) is 0 Å². The minimum Gasteiger partial charge on any atom is -0.377 e. The Hall–Kier alpha value is -2.60. The number of para-hydroxylation sites is 1. The summed E-state index contributed by atoms with van der Waals surface area (Å²) in [5.74, 6) is -1.26. The van der Waals surface area contributed by atoms with Crippen LogP contribution in [0.2, 0.25) is 0 Å². The van der Waals surface area contributed by atoms with Crippen LogP contribution in [-0.4, -0.2) is 21.5 Å². The second kappa shape index (κ2) is 5.46. The fourth-order valence-electron chi connectivity index (χ4n) is 4.14. The molecule has 3 rings (SSSR count). The first-order chi connectivity index (χ1) is 11.6. The smallest absolute Gasteiger partial charge is 0.252 e. The van der Waals surface area contributed by atoms with E-state index in [0.29, 0.717) is 12.1 Å². The molecule has 0 saturated carbocycles. The van der Waals surface area contributed by atoms with Crippen LogP contribution >= 0.6 is 0 Å². The lowest BCUT2D eigenvalue weighted by Crippen LogP contribution is -2.38. The van der Waals surface area contributed by atoms with Crippen LogP contribution in [0.3, 0.4) is 0 Å². The molecule has 1 heterocycles. The lowest BCUT2D eigenvalue weighted by Gasteiger charge is -2.27. The molecule has 2 aromatic rings. The van der Waals surface area contributed by atoms with E-state index < -0.39 is 28.7 Å². The van der Waals surface area contributed by atoms with Gasteiger partial charge in [-0.2, -0.15) is 0 Å². The Morgan fingerprint density at radius 1 is 1.16 bits per heavy atom. The molecule has 0 fully saturated rings. The standard InChI is InChI=1S/C19H23N3O3/c1-18(2)10-19(3,17(21)25)12-9-22(11-7-5-4-6-8-11)14(13(12)18)15(23)16(20)24/h4-9,15,23H,10H2,1-3H3,(H2,20,24)(H2,21,25). The number of aromatic nitrogens is 1. The molecule has 1 aliphatic carbocycles. The molecule has 6 nitrogen and oxygen atoms in total. The second-order valence-corrected chi connectivity index (χ2v) is 7.57. The summed E-state index contributed by atoms with van der Waals surface area (Å²) >= 11 is 0. The molecular weight excluding hydrogens is 318 g/mol. The van der Waals surface area contributed by atoms with Crippen molar-refractivity contribution in [3.8, 4) is 5.69 Å².